The van der Waals surface area contributed by atoms with Crippen molar-refractivity contribution in [3.05, 3.63) is 59.1 Å². The van der Waals surface area contributed by atoms with Gasteiger partial charge in [0.25, 0.3) is 0 Å². The Kier molecular flexibility index (Phi) is 3.26. The molecule has 2 heteroatoms. The predicted octanol–water partition coefficient (Wildman–Crippen LogP) is 1.83. The standard InChI is InChI=1S/C11H13NO/c1-3-5-9-7-10(6-4-2)12-11(13)8-9/h3-4,7-8H,1-2,5-6H2,(H,12,13). The summed E-state index contributed by atoms with van der Waals surface area (Å²) in [6, 6.07) is 3.55. The van der Waals surface area contributed by atoms with Gasteiger partial charge in [-0.05, 0) is 18.1 Å². The largest absolute Gasteiger partial charge is 0.326 e. The molecule has 1 aromatic rings. The molecular formula is C11H13NO. The molecular weight excluding hydrogens is 162 g/mol. The first kappa shape index (κ1) is 9.52. The van der Waals surface area contributed by atoms with Crippen molar-refractivity contribution in [3.8, 4) is 0 Å². The van der Waals surface area contributed by atoms with Crippen molar-refractivity contribution in [1.29, 1.82) is 0 Å². The third-order valence-corrected chi connectivity index (χ3v) is 1.70. The van der Waals surface area contributed by atoms with Gasteiger partial charge in [0.05, 0.1) is 0 Å². The first-order valence-corrected chi connectivity index (χ1v) is 4.20. The highest BCUT2D eigenvalue weighted by molar-refractivity contribution is 5.19. The molecule has 0 saturated carbocycles. The average Bonchev–Trinajstić information content (AvgIpc) is 2.04. The van der Waals surface area contributed by atoms with Crippen LogP contribution in [0.5, 0.6) is 0 Å². The summed E-state index contributed by atoms with van der Waals surface area (Å²) < 4.78 is 0. The molecule has 0 atom stereocenters. The summed E-state index contributed by atoms with van der Waals surface area (Å²) in [5, 5.41) is 0. The molecule has 0 fully saturated rings. The van der Waals surface area contributed by atoms with E-state index in [0.29, 0.717) is 6.42 Å². The van der Waals surface area contributed by atoms with Gasteiger partial charge in [0.1, 0.15) is 0 Å². The minimum absolute atomic E-state index is 0.0591. The third kappa shape index (κ3) is 2.75. The molecule has 2 nitrogen and oxygen atoms in total. The first-order chi connectivity index (χ1) is 6.26. The van der Waals surface area contributed by atoms with Gasteiger partial charge in [0, 0.05) is 18.2 Å². The van der Waals surface area contributed by atoms with E-state index in [4.69, 9.17) is 0 Å². The topological polar surface area (TPSA) is 32.9 Å². The number of hydrogen-bond acceptors (Lipinski definition) is 1. The van der Waals surface area contributed by atoms with Gasteiger partial charge in [-0.3, -0.25) is 4.79 Å². The van der Waals surface area contributed by atoms with Gasteiger partial charge in [-0.1, -0.05) is 12.2 Å². The number of allylic oxidation sites excluding steroid dienone is 2. The van der Waals surface area contributed by atoms with Crippen LogP contribution in [0.2, 0.25) is 0 Å². The molecule has 0 saturated heterocycles. The minimum atomic E-state index is -0.0591. The highest BCUT2D eigenvalue weighted by atomic mass is 16.1. The molecule has 13 heavy (non-hydrogen) atoms. The normalized spacial score (nSPS) is 9.54. The molecule has 0 bridgehead atoms. The molecule has 0 unspecified atom stereocenters. The molecule has 0 radical (unpaired) electrons. The molecule has 0 aromatic carbocycles. The molecule has 1 N–H and O–H groups in total. The number of pyridine rings is 1. The molecule has 0 aliphatic heterocycles. The van der Waals surface area contributed by atoms with Crippen LogP contribution in [-0.4, -0.2) is 4.98 Å². The van der Waals surface area contributed by atoms with E-state index in [1.54, 1.807) is 18.2 Å². The Hall–Kier alpha value is -1.57. The van der Waals surface area contributed by atoms with Crippen LogP contribution in [0.25, 0.3) is 0 Å². The van der Waals surface area contributed by atoms with Crippen LogP contribution in [0.15, 0.2) is 42.2 Å². The van der Waals surface area contributed by atoms with Crippen LogP contribution < -0.4 is 5.56 Å². The highest BCUT2D eigenvalue weighted by Crippen LogP contribution is 2.01. The van der Waals surface area contributed by atoms with E-state index in [2.05, 4.69) is 18.1 Å². The molecule has 1 aromatic heterocycles. The van der Waals surface area contributed by atoms with Gasteiger partial charge in [0.15, 0.2) is 0 Å². The van der Waals surface area contributed by atoms with E-state index < -0.39 is 0 Å². The van der Waals surface area contributed by atoms with Crippen LogP contribution in [0, 0.1) is 0 Å². The van der Waals surface area contributed by atoms with E-state index in [1.165, 1.54) is 0 Å². The number of rotatable bonds is 4. The van der Waals surface area contributed by atoms with Gasteiger partial charge >= 0.3 is 0 Å². The predicted molar refractivity (Wildman–Crippen MR) is 54.9 cm³/mol. The summed E-state index contributed by atoms with van der Waals surface area (Å²) in [6.07, 6.45) is 4.98. The quantitative estimate of drug-likeness (QED) is 0.696. The van der Waals surface area contributed by atoms with Gasteiger partial charge in [-0.25, -0.2) is 0 Å². The molecule has 0 aliphatic carbocycles. The number of nitrogens with one attached hydrogen (secondary N) is 1. The fourth-order valence-electron chi connectivity index (χ4n) is 1.21. The van der Waals surface area contributed by atoms with Crippen molar-refractivity contribution in [2.24, 2.45) is 0 Å². The van der Waals surface area contributed by atoms with Crippen molar-refractivity contribution >= 4 is 0 Å². The smallest absolute Gasteiger partial charge is 0.248 e. The average molecular weight is 175 g/mol. The van der Waals surface area contributed by atoms with E-state index in [9.17, 15) is 4.79 Å². The van der Waals surface area contributed by atoms with Gasteiger partial charge in [-0.2, -0.15) is 0 Å². The van der Waals surface area contributed by atoms with Crippen LogP contribution in [0.3, 0.4) is 0 Å². The maximum absolute atomic E-state index is 11.1. The number of hydrogen-bond donors (Lipinski definition) is 1. The number of aromatic nitrogens is 1. The zero-order chi connectivity index (χ0) is 9.68. The lowest BCUT2D eigenvalue weighted by Gasteiger charge is -1.99. The zero-order valence-corrected chi connectivity index (χ0v) is 7.55. The monoisotopic (exact) mass is 175 g/mol. The maximum atomic E-state index is 11.1. The maximum Gasteiger partial charge on any atom is 0.248 e. The van der Waals surface area contributed by atoms with Crippen LogP contribution in [0.1, 0.15) is 11.3 Å². The summed E-state index contributed by atoms with van der Waals surface area (Å²) in [5.41, 5.74) is 1.84. The zero-order valence-electron chi connectivity index (χ0n) is 7.55. The number of aromatic amines is 1. The van der Waals surface area contributed by atoms with E-state index in [1.807, 2.05) is 6.07 Å². The SMILES string of the molecule is C=CCc1cc(CC=C)[nH]c(=O)c1. The first-order valence-electron chi connectivity index (χ1n) is 4.20. The fraction of sp³-hybridized carbons (Fsp3) is 0.182. The van der Waals surface area contributed by atoms with E-state index in [0.717, 1.165) is 17.7 Å². The molecule has 0 spiro atoms. The second-order valence-corrected chi connectivity index (χ2v) is 2.86. The fourth-order valence-corrected chi connectivity index (χ4v) is 1.21. The van der Waals surface area contributed by atoms with E-state index in [-0.39, 0.29) is 5.56 Å². The summed E-state index contributed by atoms with van der Waals surface area (Å²) in [4.78, 5) is 13.9. The lowest BCUT2D eigenvalue weighted by Crippen LogP contribution is -2.08. The Morgan fingerprint density at radius 1 is 1.23 bits per heavy atom. The highest BCUT2D eigenvalue weighted by Gasteiger charge is 1.95. The van der Waals surface area contributed by atoms with Crippen molar-refractivity contribution in [2.75, 3.05) is 0 Å². The van der Waals surface area contributed by atoms with Crippen molar-refractivity contribution in [1.82, 2.24) is 4.98 Å². The Balaban J connectivity index is 3.02. The van der Waals surface area contributed by atoms with E-state index >= 15 is 0 Å². The Morgan fingerprint density at radius 3 is 2.54 bits per heavy atom. The lowest BCUT2D eigenvalue weighted by atomic mass is 10.1. The summed E-state index contributed by atoms with van der Waals surface area (Å²) in [6.45, 7) is 7.25. The van der Waals surface area contributed by atoms with Crippen molar-refractivity contribution in [2.45, 2.75) is 12.8 Å². The van der Waals surface area contributed by atoms with Crippen LogP contribution >= 0.6 is 0 Å². The molecule has 68 valence electrons. The van der Waals surface area contributed by atoms with Gasteiger partial charge in [-0.15, -0.1) is 13.2 Å². The van der Waals surface area contributed by atoms with Gasteiger partial charge < -0.3 is 4.98 Å². The Morgan fingerprint density at radius 2 is 1.92 bits per heavy atom. The Labute approximate surface area is 77.6 Å². The number of H-pyrrole nitrogens is 1. The summed E-state index contributed by atoms with van der Waals surface area (Å²) >= 11 is 0. The van der Waals surface area contributed by atoms with Crippen molar-refractivity contribution < 1.29 is 0 Å². The Bertz CT molecular complexity index is 331. The summed E-state index contributed by atoms with van der Waals surface area (Å²) in [5.74, 6) is 0. The second-order valence-electron chi connectivity index (χ2n) is 2.86. The molecule has 0 amide bonds. The molecule has 1 rings (SSSR count). The molecule has 1 heterocycles. The second kappa shape index (κ2) is 4.45. The summed E-state index contributed by atoms with van der Waals surface area (Å²) in [7, 11) is 0. The van der Waals surface area contributed by atoms with Crippen LogP contribution in [-0.2, 0) is 12.8 Å². The molecule has 0 aliphatic rings. The van der Waals surface area contributed by atoms with Gasteiger partial charge in [0.2, 0.25) is 5.56 Å². The minimum Gasteiger partial charge on any atom is -0.326 e. The van der Waals surface area contributed by atoms with Crippen molar-refractivity contribution in [3.63, 3.8) is 0 Å². The third-order valence-electron chi connectivity index (χ3n) is 1.70. The van der Waals surface area contributed by atoms with Crippen LogP contribution in [0.4, 0.5) is 0 Å². The lowest BCUT2D eigenvalue weighted by molar-refractivity contribution is 1.05.